The molecule has 0 aliphatic carbocycles. The van der Waals surface area contributed by atoms with Crippen LogP contribution in [0.4, 0.5) is 0 Å². The van der Waals surface area contributed by atoms with Crippen molar-refractivity contribution in [1.29, 1.82) is 0 Å². The molecule has 20 heavy (non-hydrogen) atoms. The number of carboxylic acid groups (broad SMARTS) is 1. The maximum absolute atomic E-state index is 11.9. The fourth-order valence-electron chi connectivity index (χ4n) is 1.91. The lowest BCUT2D eigenvalue weighted by atomic mass is 9.96. The highest BCUT2D eigenvalue weighted by molar-refractivity contribution is 9.10. The van der Waals surface area contributed by atoms with Crippen LogP contribution in [0.2, 0.25) is 0 Å². The Kier molecular flexibility index (Phi) is 7.22. The predicted molar refractivity (Wildman–Crippen MR) is 79.5 cm³/mol. The minimum absolute atomic E-state index is 0.179. The number of carbonyl (C=O) groups is 2. The Bertz CT molecular complexity index is 465. The molecule has 0 fully saturated rings. The number of aromatic nitrogens is 1. The smallest absolute Gasteiger partial charge is 0.303 e. The summed E-state index contributed by atoms with van der Waals surface area (Å²) in [6.45, 7) is 2.56. The Hall–Kier alpha value is -1.43. The van der Waals surface area contributed by atoms with Gasteiger partial charge in [0, 0.05) is 23.6 Å². The molecule has 0 aliphatic rings. The lowest BCUT2D eigenvalue weighted by molar-refractivity contribution is -0.137. The van der Waals surface area contributed by atoms with Gasteiger partial charge in [0.2, 0.25) is 0 Å². The standard InChI is InChI=1S/C14H19BrN2O3/c1-2-10(5-6-12(18)19)7-9-17-14(20)13-11(15)4-3-8-16-13/h3-4,8,10H,2,5-7,9H2,1H3,(H,17,20)(H,18,19). The van der Waals surface area contributed by atoms with Crippen molar-refractivity contribution in [3.05, 3.63) is 28.5 Å². The molecular weight excluding hydrogens is 324 g/mol. The van der Waals surface area contributed by atoms with Crippen molar-refractivity contribution in [2.24, 2.45) is 5.92 Å². The molecule has 1 rings (SSSR count). The van der Waals surface area contributed by atoms with Crippen molar-refractivity contribution >= 4 is 27.8 Å². The fraction of sp³-hybridized carbons (Fsp3) is 0.500. The maximum atomic E-state index is 11.9. The molecule has 1 unspecified atom stereocenters. The second-order valence-corrected chi connectivity index (χ2v) is 5.44. The van der Waals surface area contributed by atoms with E-state index in [-0.39, 0.29) is 12.3 Å². The molecule has 5 nitrogen and oxygen atoms in total. The minimum Gasteiger partial charge on any atom is -0.481 e. The number of carboxylic acids is 1. The predicted octanol–water partition coefficient (Wildman–Crippen LogP) is 2.86. The number of hydrogen-bond acceptors (Lipinski definition) is 3. The van der Waals surface area contributed by atoms with Crippen molar-refractivity contribution in [2.75, 3.05) is 6.54 Å². The van der Waals surface area contributed by atoms with Crippen molar-refractivity contribution in [3.8, 4) is 0 Å². The summed E-state index contributed by atoms with van der Waals surface area (Å²) in [6, 6.07) is 3.52. The van der Waals surface area contributed by atoms with Crippen molar-refractivity contribution in [2.45, 2.75) is 32.6 Å². The van der Waals surface area contributed by atoms with Gasteiger partial charge in [0.25, 0.3) is 5.91 Å². The van der Waals surface area contributed by atoms with E-state index in [0.29, 0.717) is 29.1 Å². The number of aliphatic carboxylic acids is 1. The third-order valence-electron chi connectivity index (χ3n) is 3.16. The molecule has 0 aromatic carbocycles. The lowest BCUT2D eigenvalue weighted by Crippen LogP contribution is -2.27. The second kappa shape index (κ2) is 8.68. The molecule has 1 aromatic rings. The van der Waals surface area contributed by atoms with Crippen LogP contribution in [0, 0.1) is 5.92 Å². The van der Waals surface area contributed by atoms with Gasteiger partial charge < -0.3 is 10.4 Å². The number of nitrogens with one attached hydrogen (secondary N) is 1. The Morgan fingerprint density at radius 3 is 2.80 bits per heavy atom. The average molecular weight is 343 g/mol. The highest BCUT2D eigenvalue weighted by atomic mass is 79.9. The molecule has 0 aliphatic heterocycles. The molecule has 110 valence electrons. The van der Waals surface area contributed by atoms with Gasteiger partial charge in [-0.3, -0.25) is 9.59 Å². The zero-order chi connectivity index (χ0) is 15.0. The molecule has 0 spiro atoms. The van der Waals surface area contributed by atoms with E-state index in [4.69, 9.17) is 5.11 Å². The Morgan fingerprint density at radius 1 is 1.45 bits per heavy atom. The Morgan fingerprint density at radius 2 is 2.20 bits per heavy atom. The van der Waals surface area contributed by atoms with Crippen LogP contribution >= 0.6 is 15.9 Å². The van der Waals surface area contributed by atoms with Gasteiger partial charge in [-0.25, -0.2) is 4.98 Å². The molecule has 0 bridgehead atoms. The van der Waals surface area contributed by atoms with E-state index in [1.54, 1.807) is 18.3 Å². The largest absolute Gasteiger partial charge is 0.481 e. The summed E-state index contributed by atoms with van der Waals surface area (Å²) in [5.41, 5.74) is 0.367. The number of pyridine rings is 1. The Labute approximate surface area is 126 Å². The van der Waals surface area contributed by atoms with Crippen LogP contribution in [0.25, 0.3) is 0 Å². The summed E-state index contributed by atoms with van der Waals surface area (Å²) in [7, 11) is 0. The second-order valence-electron chi connectivity index (χ2n) is 4.59. The van der Waals surface area contributed by atoms with E-state index in [1.807, 2.05) is 6.92 Å². The van der Waals surface area contributed by atoms with E-state index in [9.17, 15) is 9.59 Å². The SMILES string of the molecule is CCC(CCNC(=O)c1ncccc1Br)CCC(=O)O. The van der Waals surface area contributed by atoms with Crippen molar-refractivity contribution in [3.63, 3.8) is 0 Å². The summed E-state index contributed by atoms with van der Waals surface area (Å²) < 4.78 is 0.662. The van der Waals surface area contributed by atoms with Crippen molar-refractivity contribution < 1.29 is 14.7 Å². The summed E-state index contributed by atoms with van der Waals surface area (Å²) in [5, 5.41) is 11.5. The van der Waals surface area contributed by atoms with E-state index in [1.165, 1.54) is 0 Å². The number of hydrogen-bond donors (Lipinski definition) is 2. The summed E-state index contributed by atoms with van der Waals surface area (Å²) in [6.07, 6.45) is 4.09. The summed E-state index contributed by atoms with van der Waals surface area (Å²) in [5.74, 6) is -0.672. The van der Waals surface area contributed by atoms with E-state index in [0.717, 1.165) is 12.8 Å². The van der Waals surface area contributed by atoms with Gasteiger partial charge in [0.15, 0.2) is 0 Å². The first kappa shape index (κ1) is 16.6. The van der Waals surface area contributed by atoms with Gasteiger partial charge >= 0.3 is 5.97 Å². The average Bonchev–Trinajstić information content (AvgIpc) is 2.42. The zero-order valence-corrected chi connectivity index (χ0v) is 13.0. The third kappa shape index (κ3) is 5.69. The molecule has 1 aromatic heterocycles. The van der Waals surface area contributed by atoms with Crippen molar-refractivity contribution in [1.82, 2.24) is 10.3 Å². The van der Waals surface area contributed by atoms with Crippen LogP contribution in [-0.2, 0) is 4.79 Å². The zero-order valence-electron chi connectivity index (χ0n) is 11.4. The lowest BCUT2D eigenvalue weighted by Gasteiger charge is -2.14. The van der Waals surface area contributed by atoms with Gasteiger partial charge in [0.05, 0.1) is 0 Å². The minimum atomic E-state index is -0.773. The van der Waals surface area contributed by atoms with Gasteiger partial charge in [-0.2, -0.15) is 0 Å². The number of carbonyl (C=O) groups excluding carboxylic acids is 1. The highest BCUT2D eigenvalue weighted by Crippen LogP contribution is 2.15. The van der Waals surface area contributed by atoms with Crippen LogP contribution in [0.15, 0.2) is 22.8 Å². The topological polar surface area (TPSA) is 79.3 Å². The molecule has 0 saturated carbocycles. The first-order chi connectivity index (χ1) is 9.54. The van der Waals surface area contributed by atoms with Gasteiger partial charge in [-0.1, -0.05) is 13.3 Å². The molecule has 1 amide bonds. The van der Waals surface area contributed by atoms with E-state index >= 15 is 0 Å². The number of halogens is 1. The molecule has 2 N–H and O–H groups in total. The summed E-state index contributed by atoms with van der Waals surface area (Å²) >= 11 is 3.28. The molecule has 0 radical (unpaired) electrons. The number of amides is 1. The van der Waals surface area contributed by atoms with Gasteiger partial charge in [-0.15, -0.1) is 0 Å². The maximum Gasteiger partial charge on any atom is 0.303 e. The first-order valence-electron chi connectivity index (χ1n) is 6.65. The van der Waals surface area contributed by atoms with Crippen LogP contribution < -0.4 is 5.32 Å². The van der Waals surface area contributed by atoms with Crippen LogP contribution in [0.1, 0.15) is 43.1 Å². The monoisotopic (exact) mass is 342 g/mol. The van der Waals surface area contributed by atoms with Crippen LogP contribution in [0.3, 0.4) is 0 Å². The van der Waals surface area contributed by atoms with Crippen LogP contribution in [-0.4, -0.2) is 28.5 Å². The molecular formula is C14H19BrN2O3. The van der Waals surface area contributed by atoms with E-state index in [2.05, 4.69) is 26.2 Å². The van der Waals surface area contributed by atoms with Crippen LogP contribution in [0.5, 0.6) is 0 Å². The fourth-order valence-corrected chi connectivity index (χ4v) is 2.34. The Balaban J connectivity index is 2.37. The third-order valence-corrected chi connectivity index (χ3v) is 3.80. The molecule has 6 heteroatoms. The highest BCUT2D eigenvalue weighted by Gasteiger charge is 2.12. The molecule has 0 saturated heterocycles. The number of nitrogens with zero attached hydrogens (tertiary/aromatic N) is 1. The quantitative estimate of drug-likeness (QED) is 0.761. The summed E-state index contributed by atoms with van der Waals surface area (Å²) in [4.78, 5) is 26.5. The first-order valence-corrected chi connectivity index (χ1v) is 7.44. The molecule has 1 heterocycles. The normalized spacial score (nSPS) is 11.9. The molecule has 1 atom stereocenters. The number of rotatable bonds is 8. The van der Waals surface area contributed by atoms with Gasteiger partial charge in [0.1, 0.15) is 5.69 Å². The van der Waals surface area contributed by atoms with E-state index < -0.39 is 5.97 Å². The van der Waals surface area contributed by atoms with Gasteiger partial charge in [-0.05, 0) is 46.8 Å².